The first-order valence-corrected chi connectivity index (χ1v) is 9.10. The van der Waals surface area contributed by atoms with Crippen LogP contribution in [0.2, 0.25) is 10.0 Å². The molecule has 0 saturated carbocycles. The van der Waals surface area contributed by atoms with Crippen molar-refractivity contribution in [1.82, 2.24) is 25.1 Å². The first kappa shape index (κ1) is 17.8. The van der Waals surface area contributed by atoms with Crippen molar-refractivity contribution in [3.63, 3.8) is 0 Å². The van der Waals surface area contributed by atoms with Crippen LogP contribution in [0.5, 0.6) is 0 Å². The second-order valence-electron chi connectivity index (χ2n) is 6.30. The van der Waals surface area contributed by atoms with Gasteiger partial charge in [0.25, 0.3) is 11.5 Å². The highest BCUT2D eigenvalue weighted by atomic mass is 35.5. The molecule has 9 heteroatoms. The Morgan fingerprint density at radius 2 is 2.00 bits per heavy atom. The summed E-state index contributed by atoms with van der Waals surface area (Å²) in [6, 6.07) is 5.19. The highest BCUT2D eigenvalue weighted by molar-refractivity contribution is 6.36. The summed E-state index contributed by atoms with van der Waals surface area (Å²) in [6.45, 7) is 0.936. The van der Waals surface area contributed by atoms with Gasteiger partial charge in [-0.1, -0.05) is 29.3 Å². The standard InChI is InChI=1S/C18H15Cl2N5O2/c19-13-2-1-3-14(20)11(13)6-16-21-8-12(17(26)23-16)18(27)25-5-4-15-10(9-25)7-22-24-15/h1-3,7-8H,4-6,9H2,(H,22,24)(H,21,23,26). The number of carbonyl (C=O) groups excluding carboxylic acids is 1. The summed E-state index contributed by atoms with van der Waals surface area (Å²) in [5.41, 5.74) is 2.19. The molecular weight excluding hydrogens is 389 g/mol. The fraction of sp³-hybridized carbons (Fsp3) is 0.222. The van der Waals surface area contributed by atoms with Gasteiger partial charge in [-0.2, -0.15) is 5.10 Å². The molecule has 138 valence electrons. The molecule has 0 unspecified atom stereocenters. The van der Waals surface area contributed by atoms with Crippen LogP contribution in [0.1, 0.15) is 33.0 Å². The predicted molar refractivity (Wildman–Crippen MR) is 101 cm³/mol. The molecule has 2 N–H and O–H groups in total. The fourth-order valence-electron chi connectivity index (χ4n) is 3.11. The average molecular weight is 404 g/mol. The van der Waals surface area contributed by atoms with E-state index in [4.69, 9.17) is 23.2 Å². The summed E-state index contributed by atoms with van der Waals surface area (Å²) < 4.78 is 0. The number of rotatable bonds is 3. The number of nitrogens with one attached hydrogen (secondary N) is 2. The van der Waals surface area contributed by atoms with Gasteiger partial charge >= 0.3 is 0 Å². The number of carbonyl (C=O) groups is 1. The van der Waals surface area contributed by atoms with Crippen molar-refractivity contribution in [3.8, 4) is 0 Å². The first-order valence-electron chi connectivity index (χ1n) is 8.34. The van der Waals surface area contributed by atoms with Gasteiger partial charge in [-0.15, -0.1) is 0 Å². The van der Waals surface area contributed by atoms with E-state index < -0.39 is 5.56 Å². The number of fused-ring (bicyclic) bond motifs is 1. The molecular formula is C18H15Cl2N5O2. The summed E-state index contributed by atoms with van der Waals surface area (Å²) in [6.07, 6.45) is 3.96. The highest BCUT2D eigenvalue weighted by Crippen LogP contribution is 2.25. The molecule has 0 fully saturated rings. The molecule has 27 heavy (non-hydrogen) atoms. The lowest BCUT2D eigenvalue weighted by Crippen LogP contribution is -2.38. The number of halogens is 2. The molecule has 1 aromatic carbocycles. The zero-order chi connectivity index (χ0) is 19.0. The van der Waals surface area contributed by atoms with Crippen LogP contribution in [0.3, 0.4) is 0 Å². The summed E-state index contributed by atoms with van der Waals surface area (Å²) in [4.78, 5) is 33.7. The predicted octanol–water partition coefficient (Wildman–Crippen LogP) is 2.59. The van der Waals surface area contributed by atoms with Crippen LogP contribution in [0.25, 0.3) is 0 Å². The molecule has 1 aliphatic rings. The molecule has 4 rings (SSSR count). The van der Waals surface area contributed by atoms with Gasteiger partial charge in [0, 0.05) is 53.4 Å². The summed E-state index contributed by atoms with van der Waals surface area (Å²) in [7, 11) is 0. The van der Waals surface area contributed by atoms with Gasteiger partial charge in [-0.05, 0) is 17.7 Å². The third kappa shape index (κ3) is 3.48. The number of benzene rings is 1. The molecule has 7 nitrogen and oxygen atoms in total. The Kier molecular flexibility index (Phi) is 4.72. The maximum atomic E-state index is 12.7. The summed E-state index contributed by atoms with van der Waals surface area (Å²) >= 11 is 12.3. The van der Waals surface area contributed by atoms with Crippen LogP contribution in [0.4, 0.5) is 0 Å². The molecule has 0 radical (unpaired) electrons. The smallest absolute Gasteiger partial charge is 0.263 e. The van der Waals surface area contributed by atoms with Gasteiger partial charge < -0.3 is 9.88 Å². The topological polar surface area (TPSA) is 94.7 Å². The molecule has 1 aliphatic heterocycles. The minimum absolute atomic E-state index is 0.0101. The molecule has 0 atom stereocenters. The van der Waals surface area contributed by atoms with Crippen LogP contribution in [-0.2, 0) is 19.4 Å². The third-order valence-electron chi connectivity index (χ3n) is 4.58. The molecule has 0 saturated heterocycles. The van der Waals surface area contributed by atoms with Crippen molar-refractivity contribution < 1.29 is 4.79 Å². The molecule has 2 aromatic heterocycles. The normalized spacial score (nSPS) is 13.5. The van der Waals surface area contributed by atoms with Crippen molar-refractivity contribution in [2.45, 2.75) is 19.4 Å². The first-order chi connectivity index (χ1) is 13.0. The van der Waals surface area contributed by atoms with E-state index in [1.807, 2.05) is 0 Å². The van der Waals surface area contributed by atoms with E-state index >= 15 is 0 Å². The number of aromatic nitrogens is 4. The van der Waals surface area contributed by atoms with Crippen molar-refractivity contribution in [3.05, 3.63) is 79.2 Å². The lowest BCUT2D eigenvalue weighted by atomic mass is 10.1. The maximum Gasteiger partial charge on any atom is 0.263 e. The molecule has 0 aliphatic carbocycles. The van der Waals surface area contributed by atoms with Crippen molar-refractivity contribution in [2.24, 2.45) is 0 Å². The van der Waals surface area contributed by atoms with E-state index in [2.05, 4.69) is 20.2 Å². The van der Waals surface area contributed by atoms with Gasteiger partial charge in [0.1, 0.15) is 11.4 Å². The second kappa shape index (κ2) is 7.17. The van der Waals surface area contributed by atoms with Crippen LogP contribution in [0.15, 0.2) is 35.4 Å². The van der Waals surface area contributed by atoms with Crippen LogP contribution in [0, 0.1) is 0 Å². The maximum absolute atomic E-state index is 12.7. The van der Waals surface area contributed by atoms with E-state index in [1.165, 1.54) is 6.20 Å². The zero-order valence-corrected chi connectivity index (χ0v) is 15.6. The van der Waals surface area contributed by atoms with E-state index in [0.29, 0.717) is 40.9 Å². The molecule has 0 bridgehead atoms. The Hall–Kier alpha value is -2.64. The number of nitrogens with zero attached hydrogens (tertiary/aromatic N) is 3. The molecule has 1 amide bonds. The third-order valence-corrected chi connectivity index (χ3v) is 5.28. The molecule has 3 aromatic rings. The monoisotopic (exact) mass is 403 g/mol. The van der Waals surface area contributed by atoms with Crippen LogP contribution in [-0.4, -0.2) is 37.5 Å². The largest absolute Gasteiger partial charge is 0.334 e. The van der Waals surface area contributed by atoms with E-state index in [9.17, 15) is 9.59 Å². The quantitative estimate of drug-likeness (QED) is 0.702. The zero-order valence-electron chi connectivity index (χ0n) is 14.1. The number of amides is 1. The summed E-state index contributed by atoms with van der Waals surface area (Å²) in [5, 5.41) is 7.90. The summed E-state index contributed by atoms with van der Waals surface area (Å²) in [5.74, 6) is 0.0419. The lowest BCUT2D eigenvalue weighted by molar-refractivity contribution is 0.0732. The number of aromatic amines is 2. The minimum Gasteiger partial charge on any atom is -0.334 e. The van der Waals surface area contributed by atoms with Crippen molar-refractivity contribution >= 4 is 29.1 Å². The van der Waals surface area contributed by atoms with Crippen LogP contribution >= 0.6 is 23.2 Å². The SMILES string of the molecule is O=C(c1cnc(Cc2c(Cl)cccc2Cl)[nH]c1=O)N1CCc2[nH]ncc2C1. The highest BCUT2D eigenvalue weighted by Gasteiger charge is 2.25. The average Bonchev–Trinajstić information content (AvgIpc) is 3.12. The number of hydrogen-bond donors (Lipinski definition) is 2. The van der Waals surface area contributed by atoms with E-state index in [-0.39, 0.29) is 17.9 Å². The number of H-pyrrole nitrogens is 2. The van der Waals surface area contributed by atoms with Crippen molar-refractivity contribution in [2.75, 3.05) is 6.54 Å². The Balaban J connectivity index is 1.55. The van der Waals surface area contributed by atoms with Gasteiger partial charge in [0.05, 0.1) is 6.20 Å². The van der Waals surface area contributed by atoms with E-state index in [0.717, 1.165) is 11.3 Å². The van der Waals surface area contributed by atoms with Crippen LogP contribution < -0.4 is 5.56 Å². The number of hydrogen-bond acceptors (Lipinski definition) is 4. The van der Waals surface area contributed by atoms with Gasteiger partial charge in [0.15, 0.2) is 0 Å². The Morgan fingerprint density at radius 3 is 2.74 bits per heavy atom. The lowest BCUT2D eigenvalue weighted by Gasteiger charge is -2.26. The minimum atomic E-state index is -0.480. The Morgan fingerprint density at radius 1 is 1.22 bits per heavy atom. The molecule has 3 heterocycles. The second-order valence-corrected chi connectivity index (χ2v) is 7.11. The Labute approximate surface area is 164 Å². The molecule has 0 spiro atoms. The van der Waals surface area contributed by atoms with Gasteiger partial charge in [-0.3, -0.25) is 14.7 Å². The van der Waals surface area contributed by atoms with Crippen molar-refractivity contribution in [1.29, 1.82) is 0 Å². The fourth-order valence-corrected chi connectivity index (χ4v) is 3.64. The Bertz CT molecular complexity index is 1060. The van der Waals surface area contributed by atoms with E-state index in [1.54, 1.807) is 29.3 Å². The van der Waals surface area contributed by atoms with Gasteiger partial charge in [-0.25, -0.2) is 4.98 Å². The van der Waals surface area contributed by atoms with Gasteiger partial charge in [0.2, 0.25) is 0 Å².